The quantitative estimate of drug-likeness (QED) is 0.0980. The molecule has 42 heavy (non-hydrogen) atoms. The Morgan fingerprint density at radius 2 is 2.07 bits per heavy atom. The molecule has 3 aromatic heterocycles. The minimum atomic E-state index is -1.76. The van der Waals surface area contributed by atoms with Crippen molar-refractivity contribution in [2.24, 2.45) is 5.16 Å². The number of nitrogen functional groups attached to an aromatic ring is 1. The molecule has 2 unspecified atom stereocenters. The predicted molar refractivity (Wildman–Crippen MR) is 151 cm³/mol. The number of hydrogen-bond donors (Lipinski definition) is 5. The number of nitrogens with one attached hydrogen (secondary N) is 2. The van der Waals surface area contributed by atoms with Crippen LogP contribution in [-0.4, -0.2) is 82.3 Å². The van der Waals surface area contributed by atoms with E-state index in [4.69, 9.17) is 10.6 Å². The lowest BCUT2D eigenvalue weighted by atomic mass is 9.99. The molecule has 1 saturated heterocycles. The summed E-state index contributed by atoms with van der Waals surface area (Å²) in [6, 6.07) is 0.355. The summed E-state index contributed by atoms with van der Waals surface area (Å²) in [7, 11) is 0. The van der Waals surface area contributed by atoms with E-state index in [1.807, 2.05) is 30.7 Å². The van der Waals surface area contributed by atoms with Gasteiger partial charge in [-0.05, 0) is 20.8 Å². The number of nitrogens with zero attached hydrogens (tertiary/aromatic N) is 5. The molecule has 1 fully saturated rings. The van der Waals surface area contributed by atoms with Crippen molar-refractivity contribution in [3.63, 3.8) is 0 Å². The van der Waals surface area contributed by atoms with E-state index in [2.05, 4.69) is 25.4 Å². The lowest BCUT2D eigenvalue weighted by Crippen LogP contribution is -2.71. The Balaban J connectivity index is 1.39. The first-order chi connectivity index (χ1) is 19.8. The normalized spacial score (nSPS) is 19.8. The van der Waals surface area contributed by atoms with Gasteiger partial charge in [0.25, 0.3) is 11.8 Å². The fourth-order valence-corrected chi connectivity index (χ4v) is 6.51. The number of fused-ring (bicyclic) bond motifs is 2. The zero-order valence-corrected chi connectivity index (χ0v) is 24.4. The highest BCUT2D eigenvalue weighted by Gasteiger charge is 2.55. The zero-order valence-electron chi connectivity index (χ0n) is 22.8. The summed E-state index contributed by atoms with van der Waals surface area (Å²) in [5.41, 5.74) is 5.55. The third-order valence-electron chi connectivity index (χ3n) is 6.86. The Labute approximate surface area is 246 Å². The highest BCUT2D eigenvalue weighted by Crippen LogP contribution is 2.42. The van der Waals surface area contributed by atoms with Crippen molar-refractivity contribution in [1.82, 2.24) is 25.2 Å². The number of thioether (sulfide) groups is 1. The Bertz CT molecular complexity index is 1690. The summed E-state index contributed by atoms with van der Waals surface area (Å²) in [6.45, 7) is 6.19. The number of anilines is 1. The third-order valence-corrected chi connectivity index (χ3v) is 8.84. The second kappa shape index (κ2) is 10.7. The molecule has 0 aromatic carbocycles. The molecule has 0 saturated carbocycles. The van der Waals surface area contributed by atoms with E-state index in [1.165, 1.54) is 35.9 Å². The van der Waals surface area contributed by atoms with E-state index in [0.717, 1.165) is 28.2 Å². The maximum Gasteiger partial charge on any atom is 0.352 e. The first-order valence-corrected chi connectivity index (χ1v) is 14.5. The van der Waals surface area contributed by atoms with Gasteiger partial charge >= 0.3 is 11.9 Å². The van der Waals surface area contributed by atoms with E-state index in [0.29, 0.717) is 5.57 Å². The molecule has 220 valence electrons. The van der Waals surface area contributed by atoms with E-state index in [9.17, 15) is 29.4 Å². The fraction of sp³-hybridized carbons (Fsp3) is 0.360. The monoisotopic (exact) mass is 615 g/mol. The molecule has 0 spiro atoms. The van der Waals surface area contributed by atoms with Crippen molar-refractivity contribution in [2.75, 3.05) is 11.5 Å². The first kappa shape index (κ1) is 29.0. The molecule has 2 aliphatic heterocycles. The SMILES string of the molecule is Cc1nc2cc[n+](C(C)C3=C(C(=O)O)N4C(=O)C(NC(=O)C(=NOC(C)(C)C(=O)O)c5csc(N)n5)[C@@H]4SC3)cc2[nH]1. The molecule has 0 radical (unpaired) electrons. The molecule has 15 nitrogen and oxygen atoms in total. The van der Waals surface area contributed by atoms with Crippen LogP contribution in [0.3, 0.4) is 0 Å². The number of aryl methyl sites for hydroxylation is 1. The van der Waals surface area contributed by atoms with E-state index in [-0.39, 0.29) is 28.0 Å². The van der Waals surface area contributed by atoms with Gasteiger partial charge in [0.1, 0.15) is 39.7 Å². The average molecular weight is 616 g/mol. The number of aromatic amines is 1. The first-order valence-electron chi connectivity index (χ1n) is 12.6. The third kappa shape index (κ3) is 5.16. The maximum absolute atomic E-state index is 13.3. The summed E-state index contributed by atoms with van der Waals surface area (Å²) in [4.78, 5) is 68.3. The largest absolute Gasteiger partial charge is 0.478 e. The molecule has 0 aliphatic carbocycles. The Kier molecular flexibility index (Phi) is 7.40. The molecule has 5 heterocycles. The number of aromatic nitrogens is 4. The molecule has 6 N–H and O–H groups in total. The van der Waals surface area contributed by atoms with Crippen LogP contribution in [0.25, 0.3) is 11.0 Å². The number of imidazole rings is 1. The molecule has 2 aliphatic rings. The molecule has 3 aromatic rings. The van der Waals surface area contributed by atoms with Crippen LogP contribution in [0.5, 0.6) is 0 Å². The van der Waals surface area contributed by atoms with Crippen molar-refractivity contribution in [3.8, 4) is 0 Å². The van der Waals surface area contributed by atoms with E-state index < -0.39 is 46.8 Å². The molecule has 0 bridgehead atoms. The van der Waals surface area contributed by atoms with Crippen molar-refractivity contribution in [2.45, 2.75) is 50.8 Å². The number of hydrogen-bond acceptors (Lipinski definition) is 11. The Morgan fingerprint density at radius 3 is 2.71 bits per heavy atom. The molecular formula is C25H27N8O7S2+. The van der Waals surface area contributed by atoms with Crippen LogP contribution in [0.2, 0.25) is 0 Å². The molecule has 17 heteroatoms. The fourth-order valence-electron chi connectivity index (χ4n) is 4.49. The van der Waals surface area contributed by atoms with E-state index >= 15 is 0 Å². The van der Waals surface area contributed by atoms with Crippen LogP contribution in [0.1, 0.15) is 38.3 Å². The van der Waals surface area contributed by atoms with Crippen molar-refractivity contribution in [3.05, 3.63) is 46.6 Å². The zero-order chi connectivity index (χ0) is 30.5. The van der Waals surface area contributed by atoms with Crippen molar-refractivity contribution < 1.29 is 38.8 Å². The minimum Gasteiger partial charge on any atom is -0.478 e. The highest BCUT2D eigenvalue weighted by molar-refractivity contribution is 8.00. The number of rotatable bonds is 9. The number of carbonyl (C=O) groups is 4. The van der Waals surface area contributed by atoms with Gasteiger partial charge in [-0.1, -0.05) is 5.16 Å². The highest BCUT2D eigenvalue weighted by atomic mass is 32.2. The number of H-pyrrole nitrogens is 1. The van der Waals surface area contributed by atoms with Crippen LogP contribution in [0.15, 0.2) is 40.3 Å². The number of pyridine rings is 1. The topological polar surface area (TPSA) is 217 Å². The van der Waals surface area contributed by atoms with Crippen LogP contribution in [-0.2, 0) is 24.0 Å². The number of oxime groups is 1. The molecule has 5 rings (SSSR count). The standard InChI is InChI=1S/C25H26N8O7S2/c1-10(32-6-5-13-14(7-32)28-11(2)27-13)12-8-41-21-17(20(35)33(21)18(12)22(36)37)30-19(34)16(15-9-42-24(26)29-15)31-40-25(3,4)23(38)39/h5-7,9-10,17,21H,8H2,1-4H3,(H5,26,29,30,34,36,37,38,39)/p+1/t10?,17?,21-/m0/s1. The van der Waals surface area contributed by atoms with Crippen LogP contribution >= 0.6 is 23.1 Å². The lowest BCUT2D eigenvalue weighted by molar-refractivity contribution is -0.710. The summed E-state index contributed by atoms with van der Waals surface area (Å²) >= 11 is 2.34. The minimum absolute atomic E-state index is 0.0276. The molecule has 2 amide bonds. The van der Waals surface area contributed by atoms with Crippen molar-refractivity contribution >= 4 is 68.7 Å². The van der Waals surface area contributed by atoms with Crippen LogP contribution in [0, 0.1) is 6.92 Å². The van der Waals surface area contributed by atoms with Gasteiger partial charge in [0.2, 0.25) is 5.60 Å². The Morgan fingerprint density at radius 1 is 1.33 bits per heavy atom. The maximum atomic E-state index is 13.3. The second-order valence-corrected chi connectivity index (χ2v) is 12.1. The summed E-state index contributed by atoms with van der Waals surface area (Å²) < 4.78 is 1.85. The van der Waals surface area contributed by atoms with Gasteiger partial charge in [0, 0.05) is 29.7 Å². The van der Waals surface area contributed by atoms with E-state index in [1.54, 1.807) is 6.20 Å². The number of carboxylic acid groups (broad SMARTS) is 2. The van der Waals surface area contributed by atoms with Crippen LogP contribution in [0.4, 0.5) is 5.13 Å². The van der Waals surface area contributed by atoms with Gasteiger partial charge in [-0.25, -0.2) is 19.6 Å². The van der Waals surface area contributed by atoms with Gasteiger partial charge in [-0.15, -0.1) is 23.1 Å². The predicted octanol–water partition coefficient (Wildman–Crippen LogP) is 0.781. The summed E-state index contributed by atoms with van der Waals surface area (Å²) in [5.74, 6) is -3.02. The number of carbonyl (C=O) groups excluding carboxylic acids is 2. The lowest BCUT2D eigenvalue weighted by Gasteiger charge is -2.49. The summed E-state index contributed by atoms with van der Waals surface area (Å²) in [5, 5.41) is 26.7. The van der Waals surface area contributed by atoms with Gasteiger partial charge in [-0.3, -0.25) is 14.5 Å². The van der Waals surface area contributed by atoms with Gasteiger partial charge in [-0.2, -0.15) is 4.57 Å². The smallest absolute Gasteiger partial charge is 0.352 e. The molecular weight excluding hydrogens is 588 g/mol. The van der Waals surface area contributed by atoms with Gasteiger partial charge in [0.15, 0.2) is 29.3 Å². The Hall–Kier alpha value is -4.51. The second-order valence-electron chi connectivity index (χ2n) is 10.1. The molecule has 3 atom stereocenters. The number of carboxylic acids is 2. The van der Waals surface area contributed by atoms with Crippen molar-refractivity contribution in [1.29, 1.82) is 0 Å². The number of β-lactam (4-membered cyclic amide) rings is 1. The summed E-state index contributed by atoms with van der Waals surface area (Å²) in [6.07, 6.45) is 3.64. The van der Waals surface area contributed by atoms with Gasteiger partial charge < -0.3 is 31.1 Å². The number of amides is 2. The number of nitrogens with two attached hydrogens (primary N) is 1. The van der Waals surface area contributed by atoms with Gasteiger partial charge in [0.05, 0.1) is 0 Å². The van der Waals surface area contributed by atoms with Crippen LogP contribution < -0.4 is 15.6 Å². The number of aliphatic carboxylic acids is 2. The average Bonchev–Trinajstić information content (AvgIpc) is 3.53. The number of thiazole rings is 1.